The van der Waals surface area contributed by atoms with Crippen LogP contribution in [0.25, 0.3) is 34.7 Å². The van der Waals surface area contributed by atoms with Crippen molar-refractivity contribution in [2.24, 2.45) is 7.05 Å². The van der Waals surface area contributed by atoms with Gasteiger partial charge in [0.25, 0.3) is 5.91 Å². The van der Waals surface area contributed by atoms with Crippen LogP contribution in [0.1, 0.15) is 22.6 Å². The lowest BCUT2D eigenvalue weighted by Gasteiger charge is -1.99. The summed E-state index contributed by atoms with van der Waals surface area (Å²) in [4.78, 5) is 16.6. The Labute approximate surface area is 173 Å². The normalized spacial score (nSPS) is 14.4. The number of nitrogens with one attached hydrogen (secondary N) is 2. The standard InChI is InChI=1S/C22H17N5O.ClH/c1-27-11-10-23-21(27)9-8-19-16-7-6-14(13-20(16)26-25-19)12-17-15-4-2-3-5-18(15)24-22(17)28;/h2-13H,1H3,(H,24,28)(H,25,26);1H/b9-8+,17-12-;. The number of imidazole rings is 1. The molecule has 1 aliphatic rings. The quantitative estimate of drug-likeness (QED) is 0.498. The topological polar surface area (TPSA) is 75.6 Å². The maximum Gasteiger partial charge on any atom is 0.256 e. The van der Waals surface area contributed by atoms with Crippen molar-refractivity contribution in [3.63, 3.8) is 0 Å². The minimum atomic E-state index is -0.0791. The number of H-pyrrole nitrogens is 1. The van der Waals surface area contributed by atoms with E-state index in [4.69, 9.17) is 0 Å². The lowest BCUT2D eigenvalue weighted by Crippen LogP contribution is -2.03. The molecule has 0 fully saturated rings. The predicted molar refractivity (Wildman–Crippen MR) is 118 cm³/mol. The number of aryl methyl sites for hydroxylation is 1. The van der Waals surface area contributed by atoms with Crippen molar-refractivity contribution in [1.29, 1.82) is 0 Å². The molecule has 0 saturated carbocycles. The molecule has 29 heavy (non-hydrogen) atoms. The molecular formula is C22H18ClN5O. The number of hydrogen-bond acceptors (Lipinski definition) is 3. The SMILES string of the molecule is Cl.Cn1ccnc1/C=C/c1n[nH]c2cc(/C=C3\C(=O)Nc4ccccc43)ccc12. The number of amides is 1. The van der Waals surface area contributed by atoms with Gasteiger partial charge in [0.15, 0.2) is 0 Å². The minimum Gasteiger partial charge on any atom is -0.335 e. The summed E-state index contributed by atoms with van der Waals surface area (Å²) in [5, 5.41) is 11.4. The molecule has 6 nitrogen and oxygen atoms in total. The van der Waals surface area contributed by atoms with Crippen LogP contribution in [-0.2, 0) is 11.8 Å². The molecular weight excluding hydrogens is 386 g/mol. The second-order valence-corrected chi connectivity index (χ2v) is 6.70. The van der Waals surface area contributed by atoms with Crippen LogP contribution in [0.3, 0.4) is 0 Å². The van der Waals surface area contributed by atoms with Gasteiger partial charge in [-0.25, -0.2) is 4.98 Å². The van der Waals surface area contributed by atoms with Gasteiger partial charge in [0.1, 0.15) is 5.82 Å². The number of rotatable bonds is 3. The van der Waals surface area contributed by atoms with Crippen LogP contribution >= 0.6 is 12.4 Å². The largest absolute Gasteiger partial charge is 0.335 e. The Balaban J connectivity index is 0.00000205. The van der Waals surface area contributed by atoms with Crippen LogP contribution in [0, 0.1) is 0 Å². The third-order valence-corrected chi connectivity index (χ3v) is 4.89. The predicted octanol–water partition coefficient (Wildman–Crippen LogP) is 4.38. The average molecular weight is 404 g/mol. The minimum absolute atomic E-state index is 0. The summed E-state index contributed by atoms with van der Waals surface area (Å²) in [6.45, 7) is 0. The molecule has 2 aromatic heterocycles. The number of fused-ring (bicyclic) bond motifs is 2. The highest BCUT2D eigenvalue weighted by Gasteiger charge is 2.23. The number of carbonyl (C=O) groups is 1. The van der Waals surface area contributed by atoms with E-state index in [9.17, 15) is 4.79 Å². The third kappa shape index (κ3) is 3.34. The Morgan fingerprint density at radius 1 is 1.10 bits per heavy atom. The molecule has 0 saturated heterocycles. The number of anilines is 1. The van der Waals surface area contributed by atoms with Crippen LogP contribution in [0.2, 0.25) is 0 Å². The first kappa shape index (κ1) is 18.7. The third-order valence-electron chi connectivity index (χ3n) is 4.89. The average Bonchev–Trinajstić information content (AvgIpc) is 3.38. The van der Waals surface area contributed by atoms with Crippen LogP contribution in [0.5, 0.6) is 0 Å². The van der Waals surface area contributed by atoms with Gasteiger partial charge in [-0.3, -0.25) is 9.89 Å². The number of hydrogen-bond donors (Lipinski definition) is 2. The molecule has 3 heterocycles. The van der Waals surface area contributed by atoms with Crippen LogP contribution in [-0.4, -0.2) is 25.7 Å². The molecule has 5 rings (SSSR count). The highest BCUT2D eigenvalue weighted by Crippen LogP contribution is 2.33. The molecule has 0 unspecified atom stereocenters. The molecule has 0 radical (unpaired) electrons. The number of halogens is 1. The molecule has 1 amide bonds. The lowest BCUT2D eigenvalue weighted by atomic mass is 10.0. The van der Waals surface area contributed by atoms with Crippen LogP contribution < -0.4 is 5.32 Å². The molecule has 1 aliphatic heterocycles. The molecule has 0 aliphatic carbocycles. The number of benzene rings is 2. The van der Waals surface area contributed by atoms with Gasteiger partial charge in [0, 0.05) is 41.7 Å². The number of para-hydroxylation sites is 1. The zero-order valence-corrected chi connectivity index (χ0v) is 16.4. The molecule has 2 N–H and O–H groups in total. The Hall–Kier alpha value is -3.64. The van der Waals surface area contributed by atoms with Gasteiger partial charge in [-0.2, -0.15) is 5.10 Å². The molecule has 4 aromatic rings. The van der Waals surface area contributed by atoms with Gasteiger partial charge < -0.3 is 9.88 Å². The molecule has 0 spiro atoms. The molecule has 0 bridgehead atoms. The highest BCUT2D eigenvalue weighted by molar-refractivity contribution is 6.34. The first-order valence-corrected chi connectivity index (χ1v) is 8.95. The monoisotopic (exact) mass is 403 g/mol. The Kier molecular flexibility index (Phi) is 4.78. The van der Waals surface area contributed by atoms with E-state index in [0.717, 1.165) is 39.2 Å². The van der Waals surface area contributed by atoms with E-state index < -0.39 is 0 Å². The maximum atomic E-state index is 12.3. The van der Waals surface area contributed by atoms with E-state index in [2.05, 4.69) is 20.5 Å². The summed E-state index contributed by atoms with van der Waals surface area (Å²) in [6.07, 6.45) is 9.45. The van der Waals surface area contributed by atoms with Gasteiger partial charge in [-0.15, -0.1) is 12.4 Å². The van der Waals surface area contributed by atoms with Crippen LogP contribution in [0.4, 0.5) is 5.69 Å². The van der Waals surface area contributed by atoms with E-state index >= 15 is 0 Å². The van der Waals surface area contributed by atoms with Gasteiger partial charge in [-0.1, -0.05) is 24.3 Å². The first-order chi connectivity index (χ1) is 13.7. The zero-order chi connectivity index (χ0) is 19.1. The van der Waals surface area contributed by atoms with E-state index in [0.29, 0.717) is 5.57 Å². The summed E-state index contributed by atoms with van der Waals surface area (Å²) in [5.74, 6) is 0.785. The fourth-order valence-corrected chi connectivity index (χ4v) is 3.42. The first-order valence-electron chi connectivity index (χ1n) is 8.95. The fourth-order valence-electron chi connectivity index (χ4n) is 3.42. The van der Waals surface area contributed by atoms with Crippen molar-refractivity contribution < 1.29 is 4.79 Å². The Morgan fingerprint density at radius 3 is 2.79 bits per heavy atom. The van der Waals surface area contributed by atoms with Crippen molar-refractivity contribution in [1.82, 2.24) is 19.7 Å². The molecule has 2 aromatic carbocycles. The van der Waals surface area contributed by atoms with E-state index in [1.165, 1.54) is 0 Å². The lowest BCUT2D eigenvalue weighted by molar-refractivity contribution is -0.110. The Bertz CT molecular complexity index is 1280. The zero-order valence-electron chi connectivity index (χ0n) is 15.6. The maximum absolute atomic E-state index is 12.3. The van der Waals surface area contributed by atoms with E-state index in [1.807, 2.05) is 78.5 Å². The van der Waals surface area contributed by atoms with E-state index in [-0.39, 0.29) is 18.3 Å². The van der Waals surface area contributed by atoms with Gasteiger partial charge in [0.2, 0.25) is 0 Å². The van der Waals surface area contributed by atoms with Gasteiger partial charge in [-0.05, 0) is 42.0 Å². The van der Waals surface area contributed by atoms with Crippen molar-refractivity contribution >= 4 is 58.7 Å². The second kappa shape index (κ2) is 7.41. The second-order valence-electron chi connectivity index (χ2n) is 6.70. The van der Waals surface area contributed by atoms with E-state index in [1.54, 1.807) is 6.20 Å². The number of carbonyl (C=O) groups excluding carboxylic acids is 1. The number of aromatic amines is 1. The summed E-state index contributed by atoms with van der Waals surface area (Å²) < 4.78 is 1.94. The van der Waals surface area contributed by atoms with Crippen molar-refractivity contribution in [2.45, 2.75) is 0 Å². The van der Waals surface area contributed by atoms with Crippen molar-refractivity contribution in [3.8, 4) is 0 Å². The molecule has 0 atom stereocenters. The fraction of sp³-hybridized carbons (Fsp3) is 0.0455. The smallest absolute Gasteiger partial charge is 0.256 e. The number of aromatic nitrogens is 4. The Morgan fingerprint density at radius 2 is 1.97 bits per heavy atom. The molecule has 7 heteroatoms. The van der Waals surface area contributed by atoms with Gasteiger partial charge in [0.05, 0.1) is 11.2 Å². The number of nitrogens with zero attached hydrogens (tertiary/aromatic N) is 3. The van der Waals surface area contributed by atoms with Gasteiger partial charge >= 0.3 is 0 Å². The summed E-state index contributed by atoms with van der Waals surface area (Å²) >= 11 is 0. The highest BCUT2D eigenvalue weighted by atomic mass is 35.5. The summed E-state index contributed by atoms with van der Waals surface area (Å²) in [6, 6.07) is 13.7. The summed E-state index contributed by atoms with van der Waals surface area (Å²) in [7, 11) is 1.95. The van der Waals surface area contributed by atoms with Crippen molar-refractivity contribution in [2.75, 3.05) is 5.32 Å². The van der Waals surface area contributed by atoms with Crippen molar-refractivity contribution in [3.05, 3.63) is 77.5 Å². The molecule has 144 valence electrons. The van der Waals surface area contributed by atoms with Crippen LogP contribution in [0.15, 0.2) is 54.9 Å². The summed E-state index contributed by atoms with van der Waals surface area (Å²) in [5.41, 5.74) is 5.16.